The Hall–Kier alpha value is -2.60. The number of nitrogens with one attached hydrogen (secondary N) is 1. The Kier molecular flexibility index (Phi) is 3.00. The third-order valence-electron chi connectivity index (χ3n) is 2.92. The van der Waals surface area contributed by atoms with Crippen molar-refractivity contribution in [2.75, 3.05) is 0 Å². The molecule has 0 saturated carbocycles. The SMILES string of the molecule is Oc1ccc(-c2n[nH]c(=S)n2-c2ccccc2)cc1O. The largest absolute Gasteiger partial charge is 0.504 e. The van der Waals surface area contributed by atoms with Crippen molar-refractivity contribution in [3.63, 3.8) is 0 Å². The number of hydrogen-bond acceptors (Lipinski definition) is 4. The van der Waals surface area contributed by atoms with E-state index in [4.69, 9.17) is 12.2 Å². The molecule has 1 heterocycles. The summed E-state index contributed by atoms with van der Waals surface area (Å²) in [6.07, 6.45) is 0. The lowest BCUT2D eigenvalue weighted by molar-refractivity contribution is 0.404. The number of aromatic nitrogens is 3. The van der Waals surface area contributed by atoms with Gasteiger partial charge >= 0.3 is 0 Å². The summed E-state index contributed by atoms with van der Waals surface area (Å²) in [7, 11) is 0. The third kappa shape index (κ3) is 2.06. The predicted molar refractivity (Wildman–Crippen MR) is 77.5 cm³/mol. The van der Waals surface area contributed by atoms with Crippen molar-refractivity contribution >= 4 is 12.2 Å². The summed E-state index contributed by atoms with van der Waals surface area (Å²) < 4.78 is 2.22. The molecule has 2 aromatic carbocycles. The second-order valence-electron chi connectivity index (χ2n) is 4.23. The smallest absolute Gasteiger partial charge is 0.200 e. The van der Waals surface area contributed by atoms with Crippen LogP contribution in [-0.4, -0.2) is 25.0 Å². The Bertz CT molecular complexity index is 809. The molecule has 100 valence electrons. The summed E-state index contributed by atoms with van der Waals surface area (Å²) in [6.45, 7) is 0. The highest BCUT2D eigenvalue weighted by atomic mass is 32.1. The summed E-state index contributed by atoms with van der Waals surface area (Å²) in [6, 6.07) is 14.1. The van der Waals surface area contributed by atoms with Crippen LogP contribution in [0, 0.1) is 4.77 Å². The predicted octanol–water partition coefficient (Wildman–Crippen LogP) is 3.01. The first-order valence-corrected chi connectivity index (χ1v) is 6.33. The van der Waals surface area contributed by atoms with E-state index in [9.17, 15) is 10.2 Å². The molecule has 0 aliphatic carbocycles. The van der Waals surface area contributed by atoms with Gasteiger partial charge in [-0.2, -0.15) is 5.10 Å². The number of benzene rings is 2. The average Bonchev–Trinajstić information content (AvgIpc) is 2.85. The highest BCUT2D eigenvalue weighted by molar-refractivity contribution is 7.71. The molecule has 0 atom stereocenters. The van der Waals surface area contributed by atoms with Crippen LogP contribution in [0.5, 0.6) is 11.5 Å². The molecule has 0 spiro atoms. The number of nitrogens with zero attached hydrogens (tertiary/aromatic N) is 2. The lowest BCUT2D eigenvalue weighted by Gasteiger charge is -2.07. The second kappa shape index (κ2) is 4.82. The molecule has 3 rings (SSSR count). The Labute approximate surface area is 119 Å². The zero-order valence-corrected chi connectivity index (χ0v) is 11.1. The minimum atomic E-state index is -0.198. The van der Waals surface area contributed by atoms with Crippen LogP contribution in [0.15, 0.2) is 48.5 Å². The first-order valence-electron chi connectivity index (χ1n) is 5.92. The third-order valence-corrected chi connectivity index (χ3v) is 3.19. The molecule has 3 N–H and O–H groups in total. The van der Waals surface area contributed by atoms with E-state index in [1.54, 1.807) is 10.6 Å². The number of para-hydroxylation sites is 1. The molecule has 0 aliphatic heterocycles. The zero-order chi connectivity index (χ0) is 14.1. The van der Waals surface area contributed by atoms with Crippen LogP contribution in [0.25, 0.3) is 17.1 Å². The van der Waals surface area contributed by atoms with Gasteiger partial charge in [-0.15, -0.1) is 0 Å². The van der Waals surface area contributed by atoms with Crippen molar-refractivity contribution in [2.45, 2.75) is 0 Å². The molecule has 0 radical (unpaired) electrons. The maximum Gasteiger partial charge on any atom is 0.200 e. The van der Waals surface area contributed by atoms with Gasteiger partial charge in [-0.3, -0.25) is 9.67 Å². The topological polar surface area (TPSA) is 74.1 Å². The van der Waals surface area contributed by atoms with Crippen molar-refractivity contribution in [2.24, 2.45) is 0 Å². The lowest BCUT2D eigenvalue weighted by Crippen LogP contribution is -1.97. The molecule has 6 heteroatoms. The molecule has 0 unspecified atom stereocenters. The fourth-order valence-electron chi connectivity index (χ4n) is 1.97. The number of rotatable bonds is 2. The minimum absolute atomic E-state index is 0.172. The van der Waals surface area contributed by atoms with Gasteiger partial charge in [-0.05, 0) is 42.5 Å². The van der Waals surface area contributed by atoms with Gasteiger partial charge in [0.05, 0.1) is 0 Å². The molecule has 0 fully saturated rings. The molecular formula is C14H11N3O2S. The Morgan fingerprint density at radius 2 is 1.75 bits per heavy atom. The maximum atomic E-state index is 9.61. The summed E-state index contributed by atoms with van der Waals surface area (Å²) >= 11 is 5.25. The normalized spacial score (nSPS) is 10.6. The van der Waals surface area contributed by atoms with Gasteiger partial charge in [0.2, 0.25) is 0 Å². The number of phenolic OH excluding ortho intramolecular Hbond substituents is 2. The summed E-state index contributed by atoms with van der Waals surface area (Å²) in [5, 5.41) is 25.9. The van der Waals surface area contributed by atoms with Crippen LogP contribution in [0.3, 0.4) is 0 Å². The maximum absolute atomic E-state index is 9.61. The molecule has 0 amide bonds. The van der Waals surface area contributed by atoms with Crippen molar-refractivity contribution in [3.05, 3.63) is 53.3 Å². The van der Waals surface area contributed by atoms with Gasteiger partial charge in [0.25, 0.3) is 0 Å². The first kappa shape index (κ1) is 12.4. The van der Waals surface area contributed by atoms with Crippen LogP contribution in [0.1, 0.15) is 0 Å². The minimum Gasteiger partial charge on any atom is -0.504 e. The molecular weight excluding hydrogens is 274 g/mol. The van der Waals surface area contributed by atoms with Gasteiger partial charge < -0.3 is 10.2 Å². The molecule has 0 saturated heterocycles. The van der Waals surface area contributed by atoms with Crippen LogP contribution in [0.2, 0.25) is 0 Å². The van der Waals surface area contributed by atoms with Gasteiger partial charge in [-0.25, -0.2) is 0 Å². The van der Waals surface area contributed by atoms with Gasteiger partial charge in [0.15, 0.2) is 22.1 Å². The van der Waals surface area contributed by atoms with E-state index in [1.165, 1.54) is 12.1 Å². The summed E-state index contributed by atoms with van der Waals surface area (Å²) in [5.41, 5.74) is 1.52. The van der Waals surface area contributed by atoms with Gasteiger partial charge in [0, 0.05) is 11.3 Å². The number of aromatic hydroxyl groups is 2. The monoisotopic (exact) mass is 285 g/mol. The van der Waals surface area contributed by atoms with Crippen LogP contribution in [-0.2, 0) is 0 Å². The van der Waals surface area contributed by atoms with Gasteiger partial charge in [-0.1, -0.05) is 18.2 Å². The van der Waals surface area contributed by atoms with Gasteiger partial charge in [0.1, 0.15) is 0 Å². The van der Waals surface area contributed by atoms with E-state index < -0.39 is 0 Å². The average molecular weight is 285 g/mol. The van der Waals surface area contributed by atoms with Crippen molar-refractivity contribution in [1.29, 1.82) is 0 Å². The van der Waals surface area contributed by atoms with E-state index in [1.807, 2.05) is 30.3 Å². The van der Waals surface area contributed by atoms with Crippen LogP contribution in [0.4, 0.5) is 0 Å². The number of phenols is 2. The Morgan fingerprint density at radius 3 is 2.45 bits per heavy atom. The molecule has 0 bridgehead atoms. The summed E-state index contributed by atoms with van der Waals surface area (Å²) in [5.74, 6) is 0.196. The Morgan fingerprint density at radius 1 is 1.00 bits per heavy atom. The highest BCUT2D eigenvalue weighted by Gasteiger charge is 2.12. The molecule has 3 aromatic rings. The van der Waals surface area contributed by atoms with E-state index in [0.29, 0.717) is 16.2 Å². The lowest BCUT2D eigenvalue weighted by atomic mass is 10.2. The quantitative estimate of drug-likeness (QED) is 0.500. The highest BCUT2D eigenvalue weighted by Crippen LogP contribution is 2.30. The fourth-order valence-corrected chi connectivity index (χ4v) is 2.21. The van der Waals surface area contributed by atoms with Crippen LogP contribution < -0.4 is 0 Å². The fraction of sp³-hybridized carbons (Fsp3) is 0. The molecule has 1 aromatic heterocycles. The van der Waals surface area contributed by atoms with E-state index >= 15 is 0 Å². The number of hydrogen-bond donors (Lipinski definition) is 3. The molecule has 0 aliphatic rings. The Balaban J connectivity index is 2.21. The second-order valence-corrected chi connectivity index (χ2v) is 4.61. The standard InChI is InChI=1S/C14H11N3O2S/c18-11-7-6-9(8-12(11)19)13-15-16-14(20)17(13)10-4-2-1-3-5-10/h1-8,18-19H,(H,16,20). The number of aromatic amines is 1. The number of H-pyrrole nitrogens is 1. The molecule has 20 heavy (non-hydrogen) atoms. The first-order chi connectivity index (χ1) is 9.66. The van der Waals surface area contributed by atoms with E-state index in [-0.39, 0.29) is 11.5 Å². The zero-order valence-electron chi connectivity index (χ0n) is 10.3. The summed E-state index contributed by atoms with van der Waals surface area (Å²) in [4.78, 5) is 0. The van der Waals surface area contributed by atoms with Crippen molar-refractivity contribution in [1.82, 2.24) is 14.8 Å². The van der Waals surface area contributed by atoms with E-state index in [2.05, 4.69) is 10.2 Å². The van der Waals surface area contributed by atoms with Crippen molar-refractivity contribution in [3.8, 4) is 28.6 Å². The van der Waals surface area contributed by atoms with E-state index in [0.717, 1.165) is 5.69 Å². The van der Waals surface area contributed by atoms with Crippen molar-refractivity contribution < 1.29 is 10.2 Å². The molecule has 5 nitrogen and oxygen atoms in total. The van der Waals surface area contributed by atoms with Crippen LogP contribution >= 0.6 is 12.2 Å².